The minimum atomic E-state index is -0.600. The van der Waals surface area contributed by atoms with Gasteiger partial charge < -0.3 is 20.3 Å². The van der Waals surface area contributed by atoms with Crippen LogP contribution in [0.15, 0.2) is 54.6 Å². The normalized spacial score (nSPS) is 17.1. The average molecular weight is 464 g/mol. The molecule has 0 saturated carbocycles. The van der Waals surface area contributed by atoms with Crippen LogP contribution in [-0.4, -0.2) is 48.7 Å². The molecule has 1 unspecified atom stereocenters. The molecular weight excluding hydrogens is 426 g/mol. The SMILES string of the molecule is CC(=O)CCCCC[C@H](NC(=O)C1CCCN(C)C1)C(=O)Nc1cccc(-c2ccccc2)c1. The number of ketones is 1. The molecule has 0 aliphatic carbocycles. The second kappa shape index (κ2) is 13.0. The van der Waals surface area contributed by atoms with E-state index >= 15 is 0 Å². The van der Waals surface area contributed by atoms with Gasteiger partial charge in [0.2, 0.25) is 11.8 Å². The standard InChI is InChI=1S/C28H37N3O3/c1-21(32)11-5-3-8-17-26(30-27(33)24-15-10-18-31(2)20-24)28(34)29-25-16-9-14-23(19-25)22-12-6-4-7-13-22/h4,6-7,9,12-14,16,19,24,26H,3,5,8,10-11,15,17-18,20H2,1-2H3,(H,29,34)(H,30,33)/t24?,26-/m0/s1. The first kappa shape index (κ1) is 25.6. The third-order valence-electron chi connectivity index (χ3n) is 6.39. The van der Waals surface area contributed by atoms with Crippen molar-refractivity contribution < 1.29 is 14.4 Å². The predicted molar refractivity (Wildman–Crippen MR) is 136 cm³/mol. The lowest BCUT2D eigenvalue weighted by Gasteiger charge is -2.30. The summed E-state index contributed by atoms with van der Waals surface area (Å²) in [5.74, 6) is -0.154. The number of unbranched alkanes of at least 4 members (excludes halogenated alkanes) is 2. The van der Waals surface area contributed by atoms with Gasteiger partial charge in [0.15, 0.2) is 0 Å². The summed E-state index contributed by atoms with van der Waals surface area (Å²) < 4.78 is 0. The van der Waals surface area contributed by atoms with Crippen molar-refractivity contribution in [3.63, 3.8) is 0 Å². The Hall–Kier alpha value is -2.99. The van der Waals surface area contributed by atoms with Crippen LogP contribution in [0.4, 0.5) is 5.69 Å². The molecule has 3 rings (SSSR count). The number of likely N-dealkylation sites (tertiary alicyclic amines) is 1. The average Bonchev–Trinajstić information content (AvgIpc) is 2.83. The first-order valence-corrected chi connectivity index (χ1v) is 12.4. The van der Waals surface area contributed by atoms with Crippen molar-refractivity contribution >= 4 is 23.3 Å². The van der Waals surface area contributed by atoms with Crippen LogP contribution in [0.25, 0.3) is 11.1 Å². The fourth-order valence-corrected chi connectivity index (χ4v) is 4.47. The van der Waals surface area contributed by atoms with E-state index in [0.29, 0.717) is 18.5 Å². The van der Waals surface area contributed by atoms with Crippen LogP contribution in [0, 0.1) is 5.92 Å². The van der Waals surface area contributed by atoms with Gasteiger partial charge in [-0.2, -0.15) is 0 Å². The van der Waals surface area contributed by atoms with E-state index in [4.69, 9.17) is 0 Å². The van der Waals surface area contributed by atoms with Crippen molar-refractivity contribution in [3.05, 3.63) is 54.6 Å². The highest BCUT2D eigenvalue weighted by molar-refractivity contribution is 5.98. The summed E-state index contributed by atoms with van der Waals surface area (Å²) in [6, 6.07) is 17.2. The van der Waals surface area contributed by atoms with Gasteiger partial charge in [-0.3, -0.25) is 9.59 Å². The largest absolute Gasteiger partial charge is 0.344 e. The summed E-state index contributed by atoms with van der Waals surface area (Å²) in [6.45, 7) is 3.32. The number of benzene rings is 2. The van der Waals surface area contributed by atoms with Crippen molar-refractivity contribution in [2.24, 2.45) is 5.92 Å². The quantitative estimate of drug-likeness (QED) is 0.475. The zero-order valence-electron chi connectivity index (χ0n) is 20.4. The van der Waals surface area contributed by atoms with Crippen LogP contribution >= 0.6 is 0 Å². The predicted octanol–water partition coefficient (Wildman–Crippen LogP) is 4.66. The molecule has 34 heavy (non-hydrogen) atoms. The lowest BCUT2D eigenvalue weighted by atomic mass is 9.96. The maximum Gasteiger partial charge on any atom is 0.246 e. The molecule has 0 radical (unpaired) electrons. The van der Waals surface area contributed by atoms with E-state index in [1.54, 1.807) is 6.92 Å². The first-order valence-electron chi connectivity index (χ1n) is 12.4. The summed E-state index contributed by atoms with van der Waals surface area (Å²) in [5.41, 5.74) is 2.81. The van der Waals surface area contributed by atoms with Crippen LogP contribution in [0.5, 0.6) is 0 Å². The molecule has 1 saturated heterocycles. The second-order valence-corrected chi connectivity index (χ2v) is 9.40. The molecule has 6 heteroatoms. The van der Waals surface area contributed by atoms with E-state index in [1.165, 1.54) is 0 Å². The van der Waals surface area contributed by atoms with Gasteiger partial charge in [0.25, 0.3) is 0 Å². The summed E-state index contributed by atoms with van der Waals surface area (Å²) >= 11 is 0. The summed E-state index contributed by atoms with van der Waals surface area (Å²) in [5, 5.41) is 6.04. The van der Waals surface area contributed by atoms with Gasteiger partial charge >= 0.3 is 0 Å². The zero-order chi connectivity index (χ0) is 24.3. The molecule has 2 aromatic carbocycles. The lowest BCUT2D eigenvalue weighted by Crippen LogP contribution is -2.49. The molecule has 1 heterocycles. The maximum absolute atomic E-state index is 13.2. The topological polar surface area (TPSA) is 78.5 Å². The van der Waals surface area contributed by atoms with Gasteiger partial charge in [-0.05, 0) is 69.5 Å². The van der Waals surface area contributed by atoms with Gasteiger partial charge in [0.05, 0.1) is 5.92 Å². The van der Waals surface area contributed by atoms with Gasteiger partial charge in [-0.1, -0.05) is 55.3 Å². The molecule has 2 aromatic rings. The third kappa shape index (κ3) is 8.10. The van der Waals surface area contributed by atoms with Crippen LogP contribution in [-0.2, 0) is 14.4 Å². The van der Waals surface area contributed by atoms with Crippen molar-refractivity contribution in [2.45, 2.75) is 57.9 Å². The number of Topliss-reactive ketones (excluding diaryl/α,β-unsaturated/α-hetero) is 1. The fraction of sp³-hybridized carbons (Fsp3) is 0.464. The van der Waals surface area contributed by atoms with E-state index in [9.17, 15) is 14.4 Å². The highest BCUT2D eigenvalue weighted by Crippen LogP contribution is 2.23. The zero-order valence-corrected chi connectivity index (χ0v) is 20.4. The molecule has 0 spiro atoms. The van der Waals surface area contributed by atoms with Crippen LogP contribution in [0.1, 0.15) is 51.9 Å². The number of carbonyl (C=O) groups excluding carboxylic acids is 3. The monoisotopic (exact) mass is 463 g/mol. The number of piperidine rings is 1. The van der Waals surface area contributed by atoms with E-state index in [-0.39, 0.29) is 23.5 Å². The number of anilines is 1. The number of carbonyl (C=O) groups is 3. The van der Waals surface area contributed by atoms with Gasteiger partial charge in [-0.25, -0.2) is 0 Å². The second-order valence-electron chi connectivity index (χ2n) is 9.40. The molecule has 0 aromatic heterocycles. The Morgan fingerprint density at radius 3 is 2.50 bits per heavy atom. The van der Waals surface area contributed by atoms with Crippen molar-refractivity contribution in [3.8, 4) is 11.1 Å². The minimum Gasteiger partial charge on any atom is -0.344 e. The smallest absolute Gasteiger partial charge is 0.246 e. The summed E-state index contributed by atoms with van der Waals surface area (Å²) in [4.78, 5) is 39.6. The van der Waals surface area contributed by atoms with E-state index < -0.39 is 6.04 Å². The Balaban J connectivity index is 1.65. The van der Waals surface area contributed by atoms with E-state index in [1.807, 2.05) is 61.6 Å². The van der Waals surface area contributed by atoms with E-state index in [2.05, 4.69) is 15.5 Å². The first-order chi connectivity index (χ1) is 16.4. The fourth-order valence-electron chi connectivity index (χ4n) is 4.47. The van der Waals surface area contributed by atoms with Crippen LogP contribution in [0.2, 0.25) is 0 Å². The van der Waals surface area contributed by atoms with Gasteiger partial charge in [0, 0.05) is 18.7 Å². The Morgan fingerprint density at radius 2 is 1.76 bits per heavy atom. The van der Waals surface area contributed by atoms with Crippen molar-refractivity contribution in [1.29, 1.82) is 0 Å². The van der Waals surface area contributed by atoms with Gasteiger partial charge in [-0.15, -0.1) is 0 Å². The number of amides is 2. The van der Waals surface area contributed by atoms with Crippen LogP contribution in [0.3, 0.4) is 0 Å². The number of nitrogens with zero attached hydrogens (tertiary/aromatic N) is 1. The van der Waals surface area contributed by atoms with Crippen molar-refractivity contribution in [1.82, 2.24) is 10.2 Å². The number of hydrogen-bond donors (Lipinski definition) is 2. The molecule has 0 bridgehead atoms. The molecule has 1 fully saturated rings. The molecule has 2 amide bonds. The molecule has 1 aliphatic heterocycles. The summed E-state index contributed by atoms with van der Waals surface area (Å²) in [7, 11) is 2.03. The Morgan fingerprint density at radius 1 is 1.00 bits per heavy atom. The minimum absolute atomic E-state index is 0.0477. The molecule has 2 atom stereocenters. The molecule has 182 valence electrons. The Bertz CT molecular complexity index is 960. The third-order valence-corrected chi connectivity index (χ3v) is 6.39. The van der Waals surface area contributed by atoms with E-state index in [0.717, 1.165) is 56.3 Å². The molecule has 6 nitrogen and oxygen atoms in total. The molecule has 2 N–H and O–H groups in total. The number of nitrogens with one attached hydrogen (secondary N) is 2. The molecular formula is C28H37N3O3. The Kier molecular flexibility index (Phi) is 9.83. The maximum atomic E-state index is 13.2. The van der Waals surface area contributed by atoms with Gasteiger partial charge in [0.1, 0.15) is 11.8 Å². The highest BCUT2D eigenvalue weighted by atomic mass is 16.2. The van der Waals surface area contributed by atoms with Crippen LogP contribution < -0.4 is 10.6 Å². The number of rotatable bonds is 11. The Labute approximate surface area is 203 Å². The highest BCUT2D eigenvalue weighted by Gasteiger charge is 2.28. The van der Waals surface area contributed by atoms with Crippen molar-refractivity contribution in [2.75, 3.05) is 25.5 Å². The molecule has 1 aliphatic rings. The lowest BCUT2D eigenvalue weighted by molar-refractivity contribution is -0.130. The summed E-state index contributed by atoms with van der Waals surface area (Å²) in [6.07, 6.45) is 5.39. The number of hydrogen-bond acceptors (Lipinski definition) is 4.